The zero-order valence-electron chi connectivity index (χ0n) is 8.60. The van der Waals surface area contributed by atoms with Crippen molar-refractivity contribution in [1.29, 1.82) is 0 Å². The van der Waals surface area contributed by atoms with Gasteiger partial charge in [-0.2, -0.15) is 0 Å². The van der Waals surface area contributed by atoms with Crippen LogP contribution < -0.4 is 0 Å². The molecule has 17 heavy (non-hydrogen) atoms. The first-order valence-electron chi connectivity index (χ1n) is 4.54. The molecule has 2 aromatic rings. The Kier molecular flexibility index (Phi) is 3.96. The van der Waals surface area contributed by atoms with Gasteiger partial charge >= 0.3 is 0 Å². The minimum atomic E-state index is -0.896. The molecule has 0 aliphatic carbocycles. The number of halogens is 3. The summed E-state index contributed by atoms with van der Waals surface area (Å²) in [6, 6.07) is 1.82. The Morgan fingerprint density at radius 1 is 1.35 bits per heavy atom. The largest absolute Gasteiger partial charge is 0.380 e. The number of aliphatic hydroxyl groups excluding tert-OH is 1. The Hall–Kier alpha value is -0.310. The standard InChI is InChI=1S/C9H7Br3N4O/c1-16-7(9(12)14-15-16)8(17)6-5(11)2-4(10)3-13-6/h2-3,8,17H,1H3. The summed E-state index contributed by atoms with van der Waals surface area (Å²) in [6.07, 6.45) is 0.730. The summed E-state index contributed by atoms with van der Waals surface area (Å²) in [5, 5.41) is 17.9. The SMILES string of the molecule is Cn1nnc(Br)c1C(O)c1ncc(Br)cc1Br. The van der Waals surface area contributed by atoms with Crippen LogP contribution >= 0.6 is 47.8 Å². The molecule has 2 aromatic heterocycles. The monoisotopic (exact) mass is 424 g/mol. The molecule has 0 fully saturated rings. The van der Waals surface area contributed by atoms with Gasteiger partial charge in [0.2, 0.25) is 0 Å². The lowest BCUT2D eigenvalue weighted by Gasteiger charge is -2.12. The van der Waals surface area contributed by atoms with Gasteiger partial charge in [0.15, 0.2) is 4.60 Å². The normalized spacial score (nSPS) is 12.8. The van der Waals surface area contributed by atoms with Crippen molar-refractivity contribution in [1.82, 2.24) is 20.0 Å². The van der Waals surface area contributed by atoms with E-state index in [0.29, 0.717) is 20.5 Å². The van der Waals surface area contributed by atoms with Crippen LogP contribution in [0.3, 0.4) is 0 Å². The number of rotatable bonds is 2. The van der Waals surface area contributed by atoms with Gasteiger partial charge in [0.25, 0.3) is 0 Å². The molecule has 0 spiro atoms. The second kappa shape index (κ2) is 5.13. The second-order valence-corrected chi connectivity index (χ2v) is 5.83. The predicted octanol–water partition coefficient (Wildman–Crippen LogP) is 2.58. The molecule has 2 heterocycles. The van der Waals surface area contributed by atoms with Crippen LogP contribution in [0.4, 0.5) is 0 Å². The fraction of sp³-hybridized carbons (Fsp3) is 0.222. The zero-order valence-corrected chi connectivity index (χ0v) is 13.4. The van der Waals surface area contributed by atoms with Gasteiger partial charge in [0.05, 0.1) is 5.69 Å². The summed E-state index contributed by atoms with van der Waals surface area (Å²) in [7, 11) is 1.71. The van der Waals surface area contributed by atoms with Crippen LogP contribution in [0.1, 0.15) is 17.5 Å². The summed E-state index contributed by atoms with van der Waals surface area (Å²) in [5.74, 6) is 0. The maximum Gasteiger partial charge on any atom is 0.154 e. The van der Waals surface area contributed by atoms with Crippen LogP contribution in [0.25, 0.3) is 0 Å². The molecule has 1 N–H and O–H groups in total. The Labute approximate surface area is 123 Å². The van der Waals surface area contributed by atoms with Crippen molar-refractivity contribution in [3.8, 4) is 0 Å². The highest BCUT2D eigenvalue weighted by atomic mass is 79.9. The number of aryl methyl sites for hydroxylation is 1. The third-order valence-corrected chi connectivity index (χ3v) is 3.81. The van der Waals surface area contributed by atoms with E-state index in [9.17, 15) is 5.11 Å². The highest BCUT2D eigenvalue weighted by Crippen LogP contribution is 2.30. The van der Waals surface area contributed by atoms with Crippen LogP contribution in [-0.2, 0) is 7.05 Å². The maximum absolute atomic E-state index is 10.3. The number of nitrogens with zero attached hydrogens (tertiary/aromatic N) is 4. The molecule has 0 saturated carbocycles. The van der Waals surface area contributed by atoms with Gasteiger partial charge in [-0.3, -0.25) is 4.98 Å². The Morgan fingerprint density at radius 2 is 2.06 bits per heavy atom. The molecule has 1 atom stereocenters. The van der Waals surface area contributed by atoms with Gasteiger partial charge in [-0.15, -0.1) is 5.10 Å². The number of aromatic nitrogens is 4. The molecule has 0 radical (unpaired) electrons. The van der Waals surface area contributed by atoms with Crippen molar-refractivity contribution in [2.45, 2.75) is 6.10 Å². The van der Waals surface area contributed by atoms with E-state index in [-0.39, 0.29) is 0 Å². The molecular weight excluding hydrogens is 420 g/mol. The third-order valence-electron chi connectivity index (χ3n) is 2.18. The zero-order chi connectivity index (χ0) is 12.6. The van der Waals surface area contributed by atoms with E-state index < -0.39 is 6.10 Å². The lowest BCUT2D eigenvalue weighted by molar-refractivity contribution is 0.203. The summed E-state index contributed by atoms with van der Waals surface area (Å²) in [5.41, 5.74) is 1.07. The van der Waals surface area contributed by atoms with Crippen LogP contribution in [0, 0.1) is 0 Å². The molecule has 0 bridgehead atoms. The Bertz CT molecular complexity index is 538. The summed E-state index contributed by atoms with van der Waals surface area (Å²) in [4.78, 5) is 4.18. The van der Waals surface area contributed by atoms with Crippen molar-refractivity contribution >= 4 is 47.8 Å². The maximum atomic E-state index is 10.3. The van der Waals surface area contributed by atoms with Crippen molar-refractivity contribution in [3.05, 3.63) is 37.2 Å². The Morgan fingerprint density at radius 3 is 2.59 bits per heavy atom. The molecule has 8 heteroatoms. The van der Waals surface area contributed by atoms with E-state index in [0.717, 1.165) is 4.47 Å². The molecule has 0 saturated heterocycles. The predicted molar refractivity (Wildman–Crippen MR) is 72.4 cm³/mol. The van der Waals surface area contributed by atoms with Crippen LogP contribution in [0.2, 0.25) is 0 Å². The van der Waals surface area contributed by atoms with Crippen LogP contribution in [0.5, 0.6) is 0 Å². The number of pyridine rings is 1. The number of hydrogen-bond acceptors (Lipinski definition) is 4. The highest BCUT2D eigenvalue weighted by Gasteiger charge is 2.22. The molecule has 0 aromatic carbocycles. The van der Waals surface area contributed by atoms with Crippen molar-refractivity contribution in [2.24, 2.45) is 7.05 Å². The molecule has 5 nitrogen and oxygen atoms in total. The summed E-state index contributed by atoms with van der Waals surface area (Å²) >= 11 is 9.92. The minimum Gasteiger partial charge on any atom is -0.380 e. The van der Waals surface area contributed by atoms with Gasteiger partial charge < -0.3 is 5.11 Å². The topological polar surface area (TPSA) is 63.8 Å². The average molecular weight is 427 g/mol. The minimum absolute atomic E-state index is 0.504. The first-order chi connectivity index (χ1) is 8.00. The molecule has 90 valence electrons. The number of hydrogen-bond donors (Lipinski definition) is 1. The molecule has 0 amide bonds. The third kappa shape index (κ3) is 2.59. The number of aliphatic hydroxyl groups is 1. The first-order valence-corrected chi connectivity index (χ1v) is 6.92. The van der Waals surface area contributed by atoms with Gasteiger partial charge in [-0.1, -0.05) is 5.21 Å². The van der Waals surface area contributed by atoms with Gasteiger partial charge in [-0.05, 0) is 53.9 Å². The fourth-order valence-corrected chi connectivity index (χ4v) is 3.13. The van der Waals surface area contributed by atoms with Crippen molar-refractivity contribution < 1.29 is 5.11 Å². The van der Waals surface area contributed by atoms with Crippen LogP contribution in [0.15, 0.2) is 25.8 Å². The van der Waals surface area contributed by atoms with E-state index in [1.807, 2.05) is 6.07 Å². The van der Waals surface area contributed by atoms with E-state index in [1.165, 1.54) is 4.68 Å². The smallest absolute Gasteiger partial charge is 0.154 e. The molecule has 0 aliphatic heterocycles. The quantitative estimate of drug-likeness (QED) is 0.801. The average Bonchev–Trinajstić information content (AvgIpc) is 2.58. The fourth-order valence-electron chi connectivity index (χ4n) is 1.38. The van der Waals surface area contributed by atoms with Gasteiger partial charge in [0, 0.05) is 22.2 Å². The van der Waals surface area contributed by atoms with E-state index in [2.05, 4.69) is 63.1 Å². The first kappa shape index (κ1) is 13.1. The molecule has 1 unspecified atom stereocenters. The highest BCUT2D eigenvalue weighted by molar-refractivity contribution is 9.11. The van der Waals surface area contributed by atoms with E-state index >= 15 is 0 Å². The summed E-state index contributed by atoms with van der Waals surface area (Å²) < 4.78 is 3.56. The Balaban J connectivity index is 2.47. The van der Waals surface area contributed by atoms with E-state index in [1.54, 1.807) is 13.2 Å². The van der Waals surface area contributed by atoms with Gasteiger partial charge in [-0.25, -0.2) is 4.68 Å². The lowest BCUT2D eigenvalue weighted by Crippen LogP contribution is -2.09. The van der Waals surface area contributed by atoms with Crippen molar-refractivity contribution in [3.63, 3.8) is 0 Å². The molecular formula is C9H7Br3N4O. The second-order valence-electron chi connectivity index (χ2n) is 3.31. The molecule has 0 aliphatic rings. The van der Waals surface area contributed by atoms with E-state index in [4.69, 9.17) is 0 Å². The molecule has 2 rings (SSSR count). The van der Waals surface area contributed by atoms with Crippen LogP contribution in [-0.4, -0.2) is 25.1 Å². The lowest BCUT2D eigenvalue weighted by atomic mass is 10.2. The van der Waals surface area contributed by atoms with Gasteiger partial charge in [0.1, 0.15) is 11.8 Å². The summed E-state index contributed by atoms with van der Waals surface area (Å²) in [6.45, 7) is 0. The van der Waals surface area contributed by atoms with Crippen molar-refractivity contribution in [2.75, 3.05) is 0 Å².